The van der Waals surface area contributed by atoms with Gasteiger partial charge in [-0.3, -0.25) is 0 Å². The zero-order chi connectivity index (χ0) is 12.8. The van der Waals surface area contributed by atoms with Crippen molar-refractivity contribution in [2.24, 2.45) is 0 Å². The molecule has 0 atom stereocenters. The molecular weight excluding hydrogens is 244 g/mol. The van der Waals surface area contributed by atoms with Crippen molar-refractivity contribution in [1.29, 1.82) is 5.26 Å². The SMILES string of the molecule is CCCCCn1nnc(C#N)c1Cc1cccs1. The fourth-order valence-corrected chi connectivity index (χ4v) is 2.57. The first-order chi connectivity index (χ1) is 8.85. The lowest BCUT2D eigenvalue weighted by atomic mass is 10.2. The average Bonchev–Trinajstić information content (AvgIpc) is 3.01. The van der Waals surface area contributed by atoms with Crippen LogP contribution in [0.3, 0.4) is 0 Å². The summed E-state index contributed by atoms with van der Waals surface area (Å²) in [7, 11) is 0. The summed E-state index contributed by atoms with van der Waals surface area (Å²) in [6.45, 7) is 3.03. The van der Waals surface area contributed by atoms with Crippen LogP contribution in [0.25, 0.3) is 0 Å². The Morgan fingerprint density at radius 2 is 2.33 bits per heavy atom. The second-order valence-corrected chi connectivity index (χ2v) is 5.22. The number of aryl methyl sites for hydroxylation is 1. The third-order valence-electron chi connectivity index (χ3n) is 2.84. The van der Waals surface area contributed by atoms with E-state index in [-0.39, 0.29) is 0 Å². The summed E-state index contributed by atoms with van der Waals surface area (Å²) in [5.74, 6) is 0. The first-order valence-corrected chi connectivity index (χ1v) is 7.08. The molecule has 2 aromatic rings. The summed E-state index contributed by atoms with van der Waals surface area (Å²) in [5, 5.41) is 19.2. The third-order valence-corrected chi connectivity index (χ3v) is 3.72. The fourth-order valence-electron chi connectivity index (χ4n) is 1.86. The van der Waals surface area contributed by atoms with Crippen LogP contribution in [0.2, 0.25) is 0 Å². The molecule has 0 saturated carbocycles. The van der Waals surface area contributed by atoms with Crippen molar-refractivity contribution in [2.75, 3.05) is 0 Å². The van der Waals surface area contributed by atoms with Crippen LogP contribution in [-0.4, -0.2) is 15.0 Å². The Bertz CT molecular complexity index is 522. The number of aromatic nitrogens is 3. The minimum atomic E-state index is 0.458. The van der Waals surface area contributed by atoms with E-state index in [1.807, 2.05) is 16.1 Å². The van der Waals surface area contributed by atoms with E-state index in [0.717, 1.165) is 25.1 Å². The topological polar surface area (TPSA) is 54.5 Å². The van der Waals surface area contributed by atoms with Crippen molar-refractivity contribution in [3.8, 4) is 6.07 Å². The molecule has 0 radical (unpaired) electrons. The molecule has 4 nitrogen and oxygen atoms in total. The van der Waals surface area contributed by atoms with E-state index < -0.39 is 0 Å². The monoisotopic (exact) mass is 260 g/mol. The number of hydrogen-bond donors (Lipinski definition) is 0. The van der Waals surface area contributed by atoms with E-state index in [1.54, 1.807) is 11.3 Å². The first kappa shape index (κ1) is 12.8. The van der Waals surface area contributed by atoms with Gasteiger partial charge in [-0.25, -0.2) is 4.68 Å². The van der Waals surface area contributed by atoms with Crippen LogP contribution < -0.4 is 0 Å². The van der Waals surface area contributed by atoms with E-state index >= 15 is 0 Å². The zero-order valence-electron chi connectivity index (χ0n) is 10.5. The highest BCUT2D eigenvalue weighted by atomic mass is 32.1. The second kappa shape index (κ2) is 6.31. The molecule has 0 unspecified atom stereocenters. The van der Waals surface area contributed by atoms with Gasteiger partial charge < -0.3 is 0 Å². The van der Waals surface area contributed by atoms with E-state index in [1.165, 1.54) is 17.7 Å². The summed E-state index contributed by atoms with van der Waals surface area (Å²) >= 11 is 1.70. The highest BCUT2D eigenvalue weighted by molar-refractivity contribution is 7.09. The van der Waals surface area contributed by atoms with Gasteiger partial charge in [-0.2, -0.15) is 5.26 Å². The van der Waals surface area contributed by atoms with Crippen molar-refractivity contribution in [1.82, 2.24) is 15.0 Å². The molecule has 5 heteroatoms. The number of nitriles is 1. The number of unbranched alkanes of at least 4 members (excludes halogenated alkanes) is 2. The Morgan fingerprint density at radius 1 is 1.44 bits per heavy atom. The van der Waals surface area contributed by atoms with Gasteiger partial charge in [-0.05, 0) is 17.9 Å². The summed E-state index contributed by atoms with van der Waals surface area (Å²) in [6.07, 6.45) is 4.20. The molecular formula is C13H16N4S. The lowest BCUT2D eigenvalue weighted by molar-refractivity contribution is 0.523. The van der Waals surface area contributed by atoms with Crippen LogP contribution in [0, 0.1) is 11.3 Å². The predicted octanol–water partition coefficient (Wildman–Crippen LogP) is 2.99. The van der Waals surface area contributed by atoms with E-state index in [0.29, 0.717) is 5.69 Å². The Balaban J connectivity index is 2.15. The van der Waals surface area contributed by atoms with Crippen molar-refractivity contribution >= 4 is 11.3 Å². The van der Waals surface area contributed by atoms with Gasteiger partial charge in [-0.15, -0.1) is 16.4 Å². The van der Waals surface area contributed by atoms with Crippen molar-refractivity contribution in [3.05, 3.63) is 33.8 Å². The van der Waals surface area contributed by atoms with Gasteiger partial charge in [-0.1, -0.05) is 31.0 Å². The largest absolute Gasteiger partial charge is 0.248 e. The fraction of sp³-hybridized carbons (Fsp3) is 0.462. The summed E-state index contributed by atoms with van der Waals surface area (Å²) in [6, 6.07) is 6.23. The normalized spacial score (nSPS) is 10.4. The molecule has 2 rings (SSSR count). The average molecular weight is 260 g/mol. The third kappa shape index (κ3) is 2.96. The van der Waals surface area contributed by atoms with E-state index in [4.69, 9.17) is 5.26 Å². The van der Waals surface area contributed by atoms with Gasteiger partial charge in [0, 0.05) is 17.8 Å². The molecule has 0 aromatic carbocycles. The van der Waals surface area contributed by atoms with Crippen LogP contribution >= 0.6 is 11.3 Å². The van der Waals surface area contributed by atoms with Crippen LogP contribution in [-0.2, 0) is 13.0 Å². The molecule has 2 aromatic heterocycles. The van der Waals surface area contributed by atoms with Crippen molar-refractivity contribution < 1.29 is 0 Å². The second-order valence-electron chi connectivity index (χ2n) is 4.18. The van der Waals surface area contributed by atoms with E-state index in [2.05, 4.69) is 29.4 Å². The van der Waals surface area contributed by atoms with Crippen molar-refractivity contribution in [2.45, 2.75) is 39.2 Å². The number of thiophene rings is 1. The predicted molar refractivity (Wildman–Crippen MR) is 71.4 cm³/mol. The van der Waals surface area contributed by atoms with Gasteiger partial charge in [0.25, 0.3) is 0 Å². The Kier molecular flexibility index (Phi) is 4.48. The molecule has 2 heterocycles. The molecule has 0 saturated heterocycles. The zero-order valence-corrected chi connectivity index (χ0v) is 11.3. The minimum Gasteiger partial charge on any atom is -0.248 e. The van der Waals surface area contributed by atoms with Gasteiger partial charge in [0.2, 0.25) is 0 Å². The first-order valence-electron chi connectivity index (χ1n) is 6.20. The summed E-state index contributed by atoms with van der Waals surface area (Å²) < 4.78 is 1.88. The molecule has 0 aliphatic carbocycles. The maximum atomic E-state index is 9.07. The van der Waals surface area contributed by atoms with Gasteiger partial charge in [0.05, 0.1) is 5.69 Å². The van der Waals surface area contributed by atoms with Crippen LogP contribution in [0.15, 0.2) is 17.5 Å². The lowest BCUT2D eigenvalue weighted by Crippen LogP contribution is -2.06. The minimum absolute atomic E-state index is 0.458. The molecule has 0 bridgehead atoms. The number of rotatable bonds is 6. The van der Waals surface area contributed by atoms with E-state index in [9.17, 15) is 0 Å². The quantitative estimate of drug-likeness (QED) is 0.750. The highest BCUT2D eigenvalue weighted by Gasteiger charge is 2.13. The molecule has 18 heavy (non-hydrogen) atoms. The Morgan fingerprint density at radius 3 is 3.00 bits per heavy atom. The Hall–Kier alpha value is -1.67. The molecule has 0 aliphatic heterocycles. The lowest BCUT2D eigenvalue weighted by Gasteiger charge is -2.05. The highest BCUT2D eigenvalue weighted by Crippen LogP contribution is 2.17. The smallest absolute Gasteiger partial charge is 0.186 e. The van der Waals surface area contributed by atoms with Crippen LogP contribution in [0.1, 0.15) is 42.5 Å². The summed E-state index contributed by atoms with van der Waals surface area (Å²) in [5.41, 5.74) is 1.40. The molecule has 0 fully saturated rings. The van der Waals surface area contributed by atoms with Crippen molar-refractivity contribution in [3.63, 3.8) is 0 Å². The van der Waals surface area contributed by atoms with Gasteiger partial charge in [0.1, 0.15) is 6.07 Å². The molecule has 0 N–H and O–H groups in total. The molecule has 0 amide bonds. The standard InChI is InChI=1S/C13H16N4S/c1-2-3-4-7-17-13(12(10-14)15-16-17)9-11-6-5-8-18-11/h5-6,8H,2-4,7,9H2,1H3. The molecule has 0 spiro atoms. The number of nitrogens with zero attached hydrogens (tertiary/aromatic N) is 4. The summed E-state index contributed by atoms with van der Waals surface area (Å²) in [4.78, 5) is 1.24. The molecule has 94 valence electrons. The van der Waals surface area contributed by atoms with Gasteiger partial charge in [0.15, 0.2) is 5.69 Å². The maximum absolute atomic E-state index is 9.07. The maximum Gasteiger partial charge on any atom is 0.186 e. The Labute approximate surface area is 111 Å². The van der Waals surface area contributed by atoms with Gasteiger partial charge >= 0.3 is 0 Å². The number of hydrogen-bond acceptors (Lipinski definition) is 4. The van der Waals surface area contributed by atoms with Crippen LogP contribution in [0.4, 0.5) is 0 Å². The van der Waals surface area contributed by atoms with Crippen LogP contribution in [0.5, 0.6) is 0 Å². The molecule has 0 aliphatic rings.